The molecule has 23 heavy (non-hydrogen) atoms. The van der Waals surface area contributed by atoms with Gasteiger partial charge in [0.25, 0.3) is 5.91 Å². The van der Waals surface area contributed by atoms with Gasteiger partial charge in [0.15, 0.2) is 9.84 Å². The summed E-state index contributed by atoms with van der Waals surface area (Å²) in [5, 5.41) is 6.63. The van der Waals surface area contributed by atoms with Gasteiger partial charge in [-0.25, -0.2) is 12.8 Å². The molecule has 124 valence electrons. The molecule has 1 amide bonds. The minimum absolute atomic E-state index is 0.106. The van der Waals surface area contributed by atoms with Gasteiger partial charge in [0.2, 0.25) is 0 Å². The van der Waals surface area contributed by atoms with Gasteiger partial charge < -0.3 is 5.32 Å². The molecule has 0 saturated carbocycles. The normalized spacial score (nSPS) is 11.4. The number of nitrogens with zero attached hydrogens (tertiary/aromatic N) is 2. The molecule has 1 heterocycles. The molecule has 1 N–H and O–H groups in total. The summed E-state index contributed by atoms with van der Waals surface area (Å²) in [5.74, 6) is -0.376. The lowest BCUT2D eigenvalue weighted by Gasteiger charge is -2.08. The predicted molar refractivity (Wildman–Crippen MR) is 83.8 cm³/mol. The van der Waals surface area contributed by atoms with Crippen molar-refractivity contribution in [3.05, 3.63) is 47.8 Å². The number of carbonyl (C=O) groups excluding carboxylic acids is 1. The van der Waals surface area contributed by atoms with Crippen LogP contribution in [0.15, 0.2) is 41.4 Å². The van der Waals surface area contributed by atoms with E-state index in [1.165, 1.54) is 16.9 Å². The van der Waals surface area contributed by atoms with Crippen LogP contribution in [0.3, 0.4) is 0 Å². The van der Waals surface area contributed by atoms with Crippen LogP contribution in [0.2, 0.25) is 0 Å². The van der Waals surface area contributed by atoms with Crippen LogP contribution in [0.1, 0.15) is 16.1 Å². The van der Waals surface area contributed by atoms with E-state index in [1.54, 1.807) is 24.3 Å². The molecule has 1 aromatic heterocycles. The molecule has 2 rings (SSSR count). The van der Waals surface area contributed by atoms with Gasteiger partial charge in [-0.05, 0) is 24.1 Å². The van der Waals surface area contributed by atoms with Crippen LogP contribution in [0, 0.1) is 0 Å². The number of halogens is 1. The Morgan fingerprint density at radius 2 is 2.04 bits per heavy atom. The number of carbonyl (C=O) groups is 1. The number of amides is 1. The number of benzene rings is 1. The first-order chi connectivity index (χ1) is 10.9. The molecule has 0 atom stereocenters. The summed E-state index contributed by atoms with van der Waals surface area (Å²) in [4.78, 5) is 12.2. The third-order valence-corrected chi connectivity index (χ3v) is 4.44. The Bertz CT molecular complexity index is 787. The largest absolute Gasteiger partial charge is 0.350 e. The molecule has 1 aromatic carbocycles. The van der Waals surface area contributed by atoms with Crippen LogP contribution < -0.4 is 5.32 Å². The van der Waals surface area contributed by atoms with Gasteiger partial charge in [-0.1, -0.05) is 18.2 Å². The number of nitrogens with one attached hydrogen (secondary N) is 1. The van der Waals surface area contributed by atoms with Gasteiger partial charge in [-0.2, -0.15) is 5.10 Å². The van der Waals surface area contributed by atoms with E-state index in [2.05, 4.69) is 10.4 Å². The molecule has 2 aromatic rings. The van der Waals surface area contributed by atoms with Crippen LogP contribution in [0.4, 0.5) is 4.39 Å². The minimum atomic E-state index is -3.30. The second-order valence-corrected chi connectivity index (χ2v) is 7.02. The van der Waals surface area contributed by atoms with Crippen molar-refractivity contribution in [3.8, 4) is 0 Å². The molecular weight excluding hydrogens is 321 g/mol. The molecule has 0 radical (unpaired) electrons. The number of alkyl halides is 1. The molecule has 0 spiro atoms. The number of hydrogen-bond donors (Lipinski definition) is 1. The van der Waals surface area contributed by atoms with Gasteiger partial charge in [0.1, 0.15) is 12.4 Å². The van der Waals surface area contributed by atoms with Crippen molar-refractivity contribution in [2.75, 3.05) is 19.5 Å². The monoisotopic (exact) mass is 339 g/mol. The second kappa shape index (κ2) is 7.36. The molecule has 0 aliphatic heterocycles. The van der Waals surface area contributed by atoms with Gasteiger partial charge in [0.05, 0.1) is 11.4 Å². The number of aryl methyl sites for hydroxylation is 1. The van der Waals surface area contributed by atoms with Crippen molar-refractivity contribution in [2.45, 2.75) is 17.9 Å². The summed E-state index contributed by atoms with van der Waals surface area (Å²) < 4.78 is 37.0. The summed E-state index contributed by atoms with van der Waals surface area (Å²) in [7, 11) is -3.30. The lowest BCUT2D eigenvalue weighted by Crippen LogP contribution is -2.26. The molecule has 6 nitrogen and oxygen atoms in total. The van der Waals surface area contributed by atoms with E-state index in [0.29, 0.717) is 12.0 Å². The average molecular weight is 339 g/mol. The highest BCUT2D eigenvalue weighted by molar-refractivity contribution is 7.90. The van der Waals surface area contributed by atoms with Crippen molar-refractivity contribution in [3.63, 3.8) is 0 Å². The summed E-state index contributed by atoms with van der Waals surface area (Å²) >= 11 is 0. The fraction of sp³-hybridized carbons (Fsp3) is 0.333. The fourth-order valence-electron chi connectivity index (χ4n) is 2.17. The highest BCUT2D eigenvalue weighted by Gasteiger charge is 2.13. The molecule has 0 saturated heterocycles. The van der Waals surface area contributed by atoms with Crippen LogP contribution >= 0.6 is 0 Å². The smallest absolute Gasteiger partial charge is 0.271 e. The Labute approximate surface area is 134 Å². The first-order valence-electron chi connectivity index (χ1n) is 7.07. The van der Waals surface area contributed by atoms with Crippen LogP contribution in [0.25, 0.3) is 0 Å². The topological polar surface area (TPSA) is 81.1 Å². The first kappa shape index (κ1) is 17.1. The Hall–Kier alpha value is -2.22. The number of aromatic nitrogens is 2. The van der Waals surface area contributed by atoms with E-state index in [0.717, 1.165) is 6.26 Å². The van der Waals surface area contributed by atoms with Gasteiger partial charge >= 0.3 is 0 Å². The van der Waals surface area contributed by atoms with E-state index in [9.17, 15) is 17.6 Å². The Morgan fingerprint density at radius 1 is 1.30 bits per heavy atom. The molecule has 0 fully saturated rings. The van der Waals surface area contributed by atoms with Gasteiger partial charge in [0, 0.05) is 19.0 Å². The second-order valence-electron chi connectivity index (χ2n) is 5.04. The van der Waals surface area contributed by atoms with E-state index >= 15 is 0 Å². The van der Waals surface area contributed by atoms with E-state index in [-0.39, 0.29) is 29.6 Å². The number of hydrogen-bond acceptors (Lipinski definition) is 4. The Kier molecular flexibility index (Phi) is 5.49. The molecule has 0 bridgehead atoms. The zero-order chi connectivity index (χ0) is 16.9. The molecule has 0 aliphatic rings. The number of rotatable bonds is 7. The standard InChI is InChI=1S/C15H18FN3O3S/c1-23(21,22)14-5-3-2-4-12(14)6-9-17-15(20)13-7-10-19(18-13)11-8-16/h2-5,7,10H,6,8-9,11H2,1H3,(H,17,20). The zero-order valence-electron chi connectivity index (χ0n) is 12.7. The minimum Gasteiger partial charge on any atom is -0.350 e. The average Bonchev–Trinajstić information content (AvgIpc) is 2.96. The van der Waals surface area contributed by atoms with E-state index < -0.39 is 16.5 Å². The van der Waals surface area contributed by atoms with E-state index in [1.807, 2.05) is 0 Å². The molecule has 0 aliphatic carbocycles. The third-order valence-electron chi connectivity index (χ3n) is 3.24. The van der Waals surface area contributed by atoms with Crippen molar-refractivity contribution in [1.82, 2.24) is 15.1 Å². The lowest BCUT2D eigenvalue weighted by molar-refractivity contribution is 0.0948. The summed E-state index contributed by atoms with van der Waals surface area (Å²) in [6.45, 7) is -0.165. The maximum Gasteiger partial charge on any atom is 0.271 e. The molecular formula is C15H18FN3O3S. The van der Waals surface area contributed by atoms with Crippen LogP contribution in [0.5, 0.6) is 0 Å². The Balaban J connectivity index is 1.96. The maximum atomic E-state index is 12.2. The van der Waals surface area contributed by atoms with Crippen molar-refractivity contribution in [2.24, 2.45) is 0 Å². The van der Waals surface area contributed by atoms with Crippen LogP contribution in [-0.2, 0) is 22.8 Å². The van der Waals surface area contributed by atoms with Gasteiger partial charge in [-0.15, -0.1) is 0 Å². The van der Waals surface area contributed by atoms with E-state index in [4.69, 9.17) is 0 Å². The number of sulfone groups is 1. The van der Waals surface area contributed by atoms with Gasteiger partial charge in [-0.3, -0.25) is 9.48 Å². The van der Waals surface area contributed by atoms with Crippen LogP contribution in [-0.4, -0.2) is 43.6 Å². The molecule has 0 unspecified atom stereocenters. The third kappa shape index (κ3) is 4.62. The first-order valence-corrected chi connectivity index (χ1v) is 8.96. The quantitative estimate of drug-likeness (QED) is 0.823. The fourth-order valence-corrected chi connectivity index (χ4v) is 3.14. The molecule has 8 heteroatoms. The predicted octanol–water partition coefficient (Wildman–Crippen LogP) is 1.23. The lowest BCUT2D eigenvalue weighted by atomic mass is 10.1. The summed E-state index contributed by atoms with van der Waals surface area (Å²) in [5.41, 5.74) is 0.855. The van der Waals surface area contributed by atoms with Crippen molar-refractivity contribution in [1.29, 1.82) is 0 Å². The maximum absolute atomic E-state index is 12.2. The van der Waals surface area contributed by atoms with Crippen molar-refractivity contribution >= 4 is 15.7 Å². The Morgan fingerprint density at radius 3 is 2.74 bits per heavy atom. The summed E-state index contributed by atoms with van der Waals surface area (Å²) in [6, 6.07) is 8.19. The highest BCUT2D eigenvalue weighted by Crippen LogP contribution is 2.15. The SMILES string of the molecule is CS(=O)(=O)c1ccccc1CCNC(=O)c1ccn(CCF)n1. The zero-order valence-corrected chi connectivity index (χ0v) is 13.5. The summed E-state index contributed by atoms with van der Waals surface area (Å²) in [6.07, 6.45) is 3.08. The highest BCUT2D eigenvalue weighted by atomic mass is 32.2. The van der Waals surface area contributed by atoms with Crippen molar-refractivity contribution < 1.29 is 17.6 Å².